The van der Waals surface area contributed by atoms with Crippen molar-refractivity contribution in [1.29, 1.82) is 0 Å². The van der Waals surface area contributed by atoms with Gasteiger partial charge in [0.1, 0.15) is 0 Å². The van der Waals surface area contributed by atoms with Gasteiger partial charge in [-0.25, -0.2) is 0 Å². The van der Waals surface area contributed by atoms with Gasteiger partial charge >= 0.3 is 0 Å². The number of hydrogen-bond acceptors (Lipinski definition) is 9. The van der Waals surface area contributed by atoms with Gasteiger partial charge in [-0.1, -0.05) is 74.9 Å². The third kappa shape index (κ3) is 17.9. The Kier molecular flexibility index (Phi) is 19.3. The van der Waals surface area contributed by atoms with E-state index in [4.69, 9.17) is 17.2 Å². The van der Waals surface area contributed by atoms with E-state index in [1.165, 1.54) is 0 Å². The quantitative estimate of drug-likeness (QED) is 0.0320. The molecule has 0 aliphatic heterocycles. The predicted molar refractivity (Wildman–Crippen MR) is 203 cm³/mol. The minimum atomic E-state index is 0.449. The highest BCUT2D eigenvalue weighted by molar-refractivity contribution is 5.92. The van der Waals surface area contributed by atoms with Gasteiger partial charge in [-0.3, -0.25) is 9.98 Å². The fourth-order valence-corrected chi connectivity index (χ4v) is 4.83. The lowest BCUT2D eigenvalue weighted by Crippen LogP contribution is -2.22. The van der Waals surface area contributed by atoms with Crippen LogP contribution in [0.1, 0.15) is 77.0 Å². The van der Waals surface area contributed by atoms with Gasteiger partial charge in [0.15, 0.2) is 11.9 Å². The number of nitrogens with two attached hydrogens (primary N) is 3. The number of nitrogens with one attached hydrogen (secondary N) is 5. The molecule has 0 aliphatic rings. The lowest BCUT2D eigenvalue weighted by Gasteiger charge is -2.11. The topological polar surface area (TPSA) is 202 Å². The summed E-state index contributed by atoms with van der Waals surface area (Å²) in [7, 11) is 0. The Balaban J connectivity index is 1.33. The second kappa shape index (κ2) is 24.5. The monoisotopic (exact) mass is 659 g/mol. The molecule has 0 atom stereocenters. The van der Waals surface area contributed by atoms with Crippen LogP contribution in [0.25, 0.3) is 0 Å². The fourth-order valence-electron chi connectivity index (χ4n) is 4.83. The molecule has 0 spiro atoms. The Bertz CT molecular complexity index is 1210. The second-order valence-electron chi connectivity index (χ2n) is 11.6. The van der Waals surface area contributed by atoms with Crippen LogP contribution in [-0.4, -0.2) is 66.1 Å². The zero-order valence-electron chi connectivity index (χ0n) is 28.5. The summed E-state index contributed by atoms with van der Waals surface area (Å²) in [6.45, 7) is 4.55. The summed E-state index contributed by atoms with van der Waals surface area (Å²) in [5, 5.41) is 16.4. The Labute approximate surface area is 286 Å². The minimum Gasteiger partial charge on any atom is -0.370 e. The molecule has 3 aromatic rings. The van der Waals surface area contributed by atoms with Gasteiger partial charge in [0.2, 0.25) is 17.8 Å². The average molecular weight is 660 g/mol. The lowest BCUT2D eigenvalue weighted by atomic mass is 10.2. The number of anilines is 5. The number of hydrogen-bond donors (Lipinski definition) is 8. The molecule has 0 bridgehead atoms. The highest BCUT2D eigenvalue weighted by Crippen LogP contribution is 2.12. The number of rotatable bonds is 25. The molecule has 48 heavy (non-hydrogen) atoms. The number of aromatic nitrogens is 3. The Morgan fingerprint density at radius 1 is 0.479 bits per heavy atom. The standard InChI is InChI=1S/C35H57N13/c36-23-13-1-2-16-26-41-33-46-34(42-27-17-5-3-14-24-39-31(37)44-29-19-9-7-10-20-29)48-35(47-33)43-28-18-6-4-15-25-40-32(38)45-30-21-11-8-12-22-30/h7-12,19-22H,1-6,13-18,23-28,36H2,(H3,37,39,44)(H3,38,40,45)(H3,41,42,43,46,47,48). The van der Waals surface area contributed by atoms with Crippen molar-refractivity contribution in [2.45, 2.75) is 77.0 Å². The molecular formula is C35H57N13. The third-order valence-electron chi connectivity index (χ3n) is 7.44. The van der Waals surface area contributed by atoms with E-state index < -0.39 is 0 Å². The summed E-state index contributed by atoms with van der Waals surface area (Å²) in [6, 6.07) is 19.7. The van der Waals surface area contributed by atoms with Crippen molar-refractivity contribution in [3.05, 3.63) is 60.7 Å². The van der Waals surface area contributed by atoms with Gasteiger partial charge < -0.3 is 43.8 Å². The van der Waals surface area contributed by atoms with Crippen LogP contribution >= 0.6 is 0 Å². The number of unbranched alkanes of at least 4 members (excludes halogenated alkanes) is 9. The van der Waals surface area contributed by atoms with Crippen molar-refractivity contribution in [3.63, 3.8) is 0 Å². The molecule has 1 heterocycles. The number of para-hydroxylation sites is 2. The van der Waals surface area contributed by atoms with Crippen LogP contribution in [0.15, 0.2) is 70.6 Å². The highest BCUT2D eigenvalue weighted by atomic mass is 15.3. The zero-order valence-corrected chi connectivity index (χ0v) is 28.5. The van der Waals surface area contributed by atoms with E-state index in [1.54, 1.807) is 0 Å². The molecule has 13 nitrogen and oxygen atoms in total. The highest BCUT2D eigenvalue weighted by Gasteiger charge is 2.07. The lowest BCUT2D eigenvalue weighted by molar-refractivity contribution is 0.657. The maximum Gasteiger partial charge on any atom is 0.229 e. The molecule has 0 fully saturated rings. The molecule has 0 unspecified atom stereocenters. The van der Waals surface area contributed by atoms with Gasteiger partial charge in [-0.15, -0.1) is 0 Å². The summed E-state index contributed by atoms with van der Waals surface area (Å²) < 4.78 is 0. The first-order valence-corrected chi connectivity index (χ1v) is 17.5. The van der Waals surface area contributed by atoms with Gasteiger partial charge in [0, 0.05) is 44.1 Å². The molecule has 11 N–H and O–H groups in total. The predicted octanol–water partition coefficient (Wildman–Crippen LogP) is 5.60. The van der Waals surface area contributed by atoms with E-state index >= 15 is 0 Å². The second-order valence-corrected chi connectivity index (χ2v) is 11.6. The molecule has 1 aromatic heterocycles. The number of guanidine groups is 2. The number of aliphatic imine (C=N–C) groups is 2. The van der Waals surface area contributed by atoms with Crippen LogP contribution in [0.2, 0.25) is 0 Å². The molecule has 13 heteroatoms. The van der Waals surface area contributed by atoms with E-state index in [0.29, 0.717) is 42.9 Å². The van der Waals surface area contributed by atoms with E-state index in [2.05, 4.69) is 51.5 Å². The van der Waals surface area contributed by atoms with Gasteiger partial charge in [-0.05, 0) is 69.3 Å². The van der Waals surface area contributed by atoms with E-state index in [-0.39, 0.29) is 0 Å². The van der Waals surface area contributed by atoms with Crippen LogP contribution in [0.5, 0.6) is 0 Å². The maximum atomic E-state index is 5.99. The SMILES string of the molecule is NCCCCCCNc1nc(NCCCCCCN=C(N)Nc2ccccc2)nc(NCCCCCCN=C(N)Nc2ccccc2)n1. The molecule has 0 amide bonds. The van der Waals surface area contributed by atoms with Crippen LogP contribution in [0.3, 0.4) is 0 Å². The maximum absolute atomic E-state index is 5.99. The summed E-state index contributed by atoms with van der Waals surface area (Å²) in [5.74, 6) is 2.66. The molecule has 0 saturated carbocycles. The summed E-state index contributed by atoms with van der Waals surface area (Å²) in [4.78, 5) is 22.7. The van der Waals surface area contributed by atoms with Gasteiger partial charge in [0.25, 0.3) is 0 Å². The van der Waals surface area contributed by atoms with Crippen molar-refractivity contribution in [1.82, 2.24) is 15.0 Å². The minimum absolute atomic E-state index is 0.449. The first-order valence-electron chi connectivity index (χ1n) is 17.5. The van der Waals surface area contributed by atoms with Crippen molar-refractivity contribution in [3.8, 4) is 0 Å². The Morgan fingerprint density at radius 3 is 1.21 bits per heavy atom. The fraction of sp³-hybridized carbons (Fsp3) is 0.514. The first-order chi connectivity index (χ1) is 23.6. The molecule has 0 aliphatic carbocycles. The third-order valence-corrected chi connectivity index (χ3v) is 7.44. The van der Waals surface area contributed by atoms with Crippen LogP contribution in [0.4, 0.5) is 29.2 Å². The summed E-state index contributed by atoms with van der Waals surface area (Å²) in [6.07, 6.45) is 12.7. The molecular weight excluding hydrogens is 602 g/mol. The first kappa shape index (κ1) is 37.8. The van der Waals surface area contributed by atoms with Crippen LogP contribution in [-0.2, 0) is 0 Å². The largest absolute Gasteiger partial charge is 0.370 e. The molecule has 0 radical (unpaired) electrons. The van der Waals surface area contributed by atoms with Crippen molar-refractivity contribution in [2.24, 2.45) is 27.2 Å². The Morgan fingerprint density at radius 2 is 0.833 bits per heavy atom. The zero-order chi connectivity index (χ0) is 33.9. The average Bonchev–Trinajstić information content (AvgIpc) is 3.09. The summed E-state index contributed by atoms with van der Waals surface area (Å²) in [5.41, 5.74) is 19.5. The normalized spacial score (nSPS) is 11.7. The van der Waals surface area contributed by atoms with E-state index in [9.17, 15) is 0 Å². The Hall–Kier alpha value is -4.65. The van der Waals surface area contributed by atoms with E-state index in [1.807, 2.05) is 60.7 Å². The smallest absolute Gasteiger partial charge is 0.229 e. The van der Waals surface area contributed by atoms with Crippen LogP contribution < -0.4 is 43.8 Å². The number of benzene rings is 2. The molecule has 262 valence electrons. The van der Waals surface area contributed by atoms with Crippen LogP contribution in [0, 0.1) is 0 Å². The number of nitrogens with zero attached hydrogens (tertiary/aromatic N) is 5. The molecule has 2 aromatic carbocycles. The van der Waals surface area contributed by atoms with E-state index in [0.717, 1.165) is 115 Å². The molecule has 3 rings (SSSR count). The van der Waals surface area contributed by atoms with Crippen molar-refractivity contribution < 1.29 is 0 Å². The van der Waals surface area contributed by atoms with Crippen molar-refractivity contribution in [2.75, 3.05) is 65.9 Å². The van der Waals surface area contributed by atoms with Gasteiger partial charge in [0.05, 0.1) is 0 Å². The summed E-state index contributed by atoms with van der Waals surface area (Å²) >= 11 is 0. The van der Waals surface area contributed by atoms with Crippen molar-refractivity contribution >= 4 is 41.1 Å². The van der Waals surface area contributed by atoms with Gasteiger partial charge in [-0.2, -0.15) is 15.0 Å². The molecule has 0 saturated heterocycles.